The number of aliphatic carboxylic acids is 1. The highest BCUT2D eigenvalue weighted by atomic mass is 32.2. The zero-order chi connectivity index (χ0) is 12.9. The molecule has 2 N–H and O–H groups in total. The van der Waals surface area contributed by atoms with E-state index in [4.69, 9.17) is 5.11 Å². The second kappa shape index (κ2) is 5.79. The maximum Gasteiger partial charge on any atom is 0.306 e. The minimum Gasteiger partial charge on any atom is -0.481 e. The summed E-state index contributed by atoms with van der Waals surface area (Å²) in [6.45, 7) is 1.66. The fourth-order valence-corrected chi connectivity index (χ4v) is 2.28. The first-order valence-corrected chi connectivity index (χ1v) is 6.69. The molecule has 0 saturated carbocycles. The molecule has 1 aromatic rings. The number of sulfonamides is 1. The van der Waals surface area contributed by atoms with Crippen molar-refractivity contribution >= 4 is 16.0 Å². The van der Waals surface area contributed by atoms with E-state index in [0.29, 0.717) is 0 Å². The average molecular weight is 257 g/mol. The fraction of sp³-hybridized carbons (Fsp3) is 0.364. The number of nitrogens with one attached hydrogen (secondary N) is 1. The summed E-state index contributed by atoms with van der Waals surface area (Å²) in [6, 6.07) is 7.97. The molecule has 0 saturated heterocycles. The first kappa shape index (κ1) is 13.7. The molecule has 0 aliphatic carbocycles. The van der Waals surface area contributed by atoms with E-state index < -0.39 is 21.9 Å². The molecule has 0 fully saturated rings. The standard InChI is InChI=1S/C11H15NO4S/c1-9(11(13)14)7-8-12-17(15,16)10-5-3-2-4-6-10/h2-6,9,12H,7-8H2,1H3,(H,13,14). The number of hydrogen-bond donors (Lipinski definition) is 2. The smallest absolute Gasteiger partial charge is 0.306 e. The van der Waals surface area contributed by atoms with Gasteiger partial charge in [-0.15, -0.1) is 0 Å². The van der Waals surface area contributed by atoms with E-state index in [0.717, 1.165) is 0 Å². The van der Waals surface area contributed by atoms with Gasteiger partial charge in [0.2, 0.25) is 10.0 Å². The normalized spacial score (nSPS) is 13.2. The number of carboxylic acids is 1. The average Bonchev–Trinajstić information content (AvgIpc) is 2.29. The minimum atomic E-state index is -3.52. The number of carboxylic acid groups (broad SMARTS) is 1. The van der Waals surface area contributed by atoms with Crippen LogP contribution < -0.4 is 4.72 Å². The molecule has 0 radical (unpaired) electrons. The Morgan fingerprint density at radius 2 is 1.94 bits per heavy atom. The highest BCUT2D eigenvalue weighted by Gasteiger charge is 2.15. The van der Waals surface area contributed by atoms with Crippen molar-refractivity contribution in [3.8, 4) is 0 Å². The van der Waals surface area contributed by atoms with Crippen LogP contribution in [-0.2, 0) is 14.8 Å². The molecule has 0 aliphatic rings. The van der Waals surface area contributed by atoms with Gasteiger partial charge in [-0.25, -0.2) is 13.1 Å². The lowest BCUT2D eigenvalue weighted by Crippen LogP contribution is -2.27. The van der Waals surface area contributed by atoms with Crippen LogP contribution in [0.5, 0.6) is 0 Å². The Bertz CT molecular complexity index is 470. The van der Waals surface area contributed by atoms with E-state index in [9.17, 15) is 13.2 Å². The van der Waals surface area contributed by atoms with Gasteiger partial charge in [-0.3, -0.25) is 4.79 Å². The zero-order valence-corrected chi connectivity index (χ0v) is 10.3. The largest absolute Gasteiger partial charge is 0.481 e. The van der Waals surface area contributed by atoms with Crippen LogP contribution in [0.1, 0.15) is 13.3 Å². The summed E-state index contributed by atoms with van der Waals surface area (Å²) in [5.74, 6) is -1.49. The van der Waals surface area contributed by atoms with Crippen molar-refractivity contribution in [2.24, 2.45) is 5.92 Å². The van der Waals surface area contributed by atoms with Crippen LogP contribution in [0.3, 0.4) is 0 Å². The fourth-order valence-electron chi connectivity index (χ4n) is 1.22. The maximum absolute atomic E-state index is 11.7. The Morgan fingerprint density at radius 3 is 2.47 bits per heavy atom. The molecule has 1 rings (SSSR count). The summed E-state index contributed by atoms with van der Waals surface area (Å²) in [6.07, 6.45) is 0.265. The Morgan fingerprint density at radius 1 is 1.35 bits per heavy atom. The SMILES string of the molecule is CC(CCNS(=O)(=O)c1ccccc1)C(=O)O. The third-order valence-electron chi connectivity index (χ3n) is 2.34. The molecule has 0 bridgehead atoms. The van der Waals surface area contributed by atoms with E-state index >= 15 is 0 Å². The van der Waals surface area contributed by atoms with Crippen molar-refractivity contribution in [2.45, 2.75) is 18.2 Å². The van der Waals surface area contributed by atoms with Gasteiger partial charge in [0.15, 0.2) is 0 Å². The third-order valence-corrected chi connectivity index (χ3v) is 3.82. The number of rotatable bonds is 6. The second-order valence-electron chi connectivity index (χ2n) is 3.74. The van der Waals surface area contributed by atoms with Crippen LogP contribution in [0, 0.1) is 5.92 Å². The molecule has 0 aromatic heterocycles. The molecule has 0 aliphatic heterocycles. The van der Waals surface area contributed by atoms with Crippen LogP contribution >= 0.6 is 0 Å². The molecule has 6 heteroatoms. The van der Waals surface area contributed by atoms with Crippen molar-refractivity contribution in [2.75, 3.05) is 6.54 Å². The van der Waals surface area contributed by atoms with Crippen LogP contribution in [0.15, 0.2) is 35.2 Å². The molecule has 0 spiro atoms. The van der Waals surface area contributed by atoms with Crippen LogP contribution in [0.25, 0.3) is 0 Å². The Labute approximate surface area is 101 Å². The number of carbonyl (C=O) groups is 1. The van der Waals surface area contributed by atoms with Crippen LogP contribution in [0.4, 0.5) is 0 Å². The van der Waals surface area contributed by atoms with E-state index in [1.807, 2.05) is 0 Å². The van der Waals surface area contributed by atoms with Gasteiger partial charge >= 0.3 is 5.97 Å². The summed E-state index contributed by atoms with van der Waals surface area (Å²) >= 11 is 0. The van der Waals surface area contributed by atoms with E-state index in [1.54, 1.807) is 25.1 Å². The Hall–Kier alpha value is -1.40. The van der Waals surface area contributed by atoms with Crippen LogP contribution in [-0.4, -0.2) is 26.0 Å². The lowest BCUT2D eigenvalue weighted by atomic mass is 10.1. The maximum atomic E-state index is 11.7. The van der Waals surface area contributed by atoms with Crippen molar-refractivity contribution in [1.29, 1.82) is 0 Å². The summed E-state index contributed by atoms with van der Waals surface area (Å²) in [5, 5.41) is 8.65. The summed E-state index contributed by atoms with van der Waals surface area (Å²) in [5.41, 5.74) is 0. The number of hydrogen-bond acceptors (Lipinski definition) is 3. The highest BCUT2D eigenvalue weighted by Crippen LogP contribution is 2.08. The zero-order valence-electron chi connectivity index (χ0n) is 9.46. The molecule has 1 aromatic carbocycles. The first-order chi connectivity index (χ1) is 7.93. The molecule has 0 heterocycles. The van der Waals surface area contributed by atoms with Gasteiger partial charge in [-0.05, 0) is 18.6 Å². The molecule has 94 valence electrons. The Kier molecular flexibility index (Phi) is 4.65. The monoisotopic (exact) mass is 257 g/mol. The van der Waals surface area contributed by atoms with Gasteiger partial charge in [0.25, 0.3) is 0 Å². The van der Waals surface area contributed by atoms with Crippen LogP contribution in [0.2, 0.25) is 0 Å². The van der Waals surface area contributed by atoms with Gasteiger partial charge in [-0.2, -0.15) is 0 Å². The third kappa shape index (κ3) is 4.16. The molecule has 5 nitrogen and oxygen atoms in total. The van der Waals surface area contributed by atoms with E-state index in [2.05, 4.69) is 4.72 Å². The predicted molar refractivity (Wildman–Crippen MR) is 63.0 cm³/mol. The summed E-state index contributed by atoms with van der Waals surface area (Å²) in [7, 11) is -3.52. The summed E-state index contributed by atoms with van der Waals surface area (Å²) in [4.78, 5) is 10.7. The molecular weight excluding hydrogens is 242 g/mol. The topological polar surface area (TPSA) is 83.5 Å². The molecule has 0 amide bonds. The summed E-state index contributed by atoms with van der Waals surface area (Å²) < 4.78 is 25.8. The molecule has 1 unspecified atom stereocenters. The predicted octanol–water partition coefficient (Wildman–Crippen LogP) is 1.08. The lowest BCUT2D eigenvalue weighted by Gasteiger charge is -2.08. The minimum absolute atomic E-state index is 0.116. The van der Waals surface area contributed by atoms with Crippen molar-refractivity contribution in [3.63, 3.8) is 0 Å². The van der Waals surface area contributed by atoms with Crippen molar-refractivity contribution in [3.05, 3.63) is 30.3 Å². The lowest BCUT2D eigenvalue weighted by molar-refractivity contribution is -0.141. The van der Waals surface area contributed by atoms with Gasteiger partial charge in [0.1, 0.15) is 0 Å². The highest BCUT2D eigenvalue weighted by molar-refractivity contribution is 7.89. The van der Waals surface area contributed by atoms with Crippen molar-refractivity contribution < 1.29 is 18.3 Å². The molecule has 1 atom stereocenters. The van der Waals surface area contributed by atoms with E-state index in [1.165, 1.54) is 12.1 Å². The first-order valence-electron chi connectivity index (χ1n) is 5.21. The Balaban J connectivity index is 2.55. The molecule has 17 heavy (non-hydrogen) atoms. The van der Waals surface area contributed by atoms with Crippen molar-refractivity contribution in [1.82, 2.24) is 4.72 Å². The molecular formula is C11H15NO4S. The quantitative estimate of drug-likeness (QED) is 0.798. The van der Waals surface area contributed by atoms with Gasteiger partial charge < -0.3 is 5.11 Å². The second-order valence-corrected chi connectivity index (χ2v) is 5.51. The number of benzene rings is 1. The van der Waals surface area contributed by atoms with Gasteiger partial charge in [0, 0.05) is 6.54 Å². The van der Waals surface area contributed by atoms with Gasteiger partial charge in [0.05, 0.1) is 10.8 Å². The van der Waals surface area contributed by atoms with E-state index in [-0.39, 0.29) is 17.9 Å². The van der Waals surface area contributed by atoms with Gasteiger partial charge in [-0.1, -0.05) is 25.1 Å².